The highest BCUT2D eigenvalue weighted by atomic mass is 16.5. The topological polar surface area (TPSA) is 80.8 Å². The van der Waals surface area contributed by atoms with Crippen LogP contribution in [-0.2, 0) is 0 Å². The van der Waals surface area contributed by atoms with Gasteiger partial charge in [-0.15, -0.1) is 0 Å². The Labute approximate surface area is 233 Å². The van der Waals surface area contributed by atoms with E-state index in [-0.39, 0.29) is 11.7 Å². The summed E-state index contributed by atoms with van der Waals surface area (Å²) in [6.07, 6.45) is 7.97. The van der Waals surface area contributed by atoms with Crippen molar-refractivity contribution in [3.05, 3.63) is 82.7 Å². The maximum Gasteiger partial charge on any atom is 0.272 e. The molecule has 1 amide bonds. The number of aromatic nitrogens is 1. The van der Waals surface area contributed by atoms with Gasteiger partial charge in [-0.25, -0.2) is 4.98 Å². The molecule has 1 saturated heterocycles. The van der Waals surface area contributed by atoms with Crippen LogP contribution in [-0.4, -0.2) is 53.9 Å². The van der Waals surface area contributed by atoms with Gasteiger partial charge < -0.3 is 19.7 Å². The van der Waals surface area contributed by atoms with Crippen molar-refractivity contribution in [3.63, 3.8) is 0 Å². The number of dihydropyridines is 1. The normalized spacial score (nSPS) is 19.9. The summed E-state index contributed by atoms with van der Waals surface area (Å²) in [7, 11) is 1.64. The molecule has 1 spiro atoms. The van der Waals surface area contributed by atoms with E-state index in [0.717, 1.165) is 41.4 Å². The predicted octanol–water partition coefficient (Wildman–Crippen LogP) is 5.65. The van der Waals surface area contributed by atoms with Crippen molar-refractivity contribution in [2.24, 2.45) is 0 Å². The minimum atomic E-state index is -0.585. The molecule has 0 atom stereocenters. The fourth-order valence-electron chi connectivity index (χ4n) is 6.32. The van der Waals surface area contributed by atoms with Crippen LogP contribution in [0.5, 0.6) is 11.5 Å². The average molecular weight is 536 g/mol. The van der Waals surface area contributed by atoms with Gasteiger partial charge in [-0.1, -0.05) is 29.8 Å². The van der Waals surface area contributed by atoms with Crippen LogP contribution in [0.3, 0.4) is 0 Å². The fraction of sp³-hybridized carbons (Fsp3) is 0.364. The number of carbonyl (C=O) groups is 2. The Morgan fingerprint density at radius 1 is 1.15 bits per heavy atom. The number of ketones is 1. The zero-order valence-electron chi connectivity index (χ0n) is 23.0. The van der Waals surface area contributed by atoms with Gasteiger partial charge >= 0.3 is 0 Å². The Kier molecular flexibility index (Phi) is 5.91. The highest BCUT2D eigenvalue weighted by Crippen LogP contribution is 2.44. The fourth-order valence-corrected chi connectivity index (χ4v) is 6.32. The van der Waals surface area contributed by atoms with E-state index in [2.05, 4.69) is 24.4 Å². The summed E-state index contributed by atoms with van der Waals surface area (Å²) in [6.45, 7) is 3.94. The maximum atomic E-state index is 13.6. The number of carbonyl (C=O) groups excluding carboxylic acids is 2. The summed E-state index contributed by atoms with van der Waals surface area (Å²) in [5.41, 5.74) is 5.83. The van der Waals surface area contributed by atoms with Crippen LogP contribution in [0.1, 0.15) is 76.9 Å². The van der Waals surface area contributed by atoms with Crippen LogP contribution >= 0.6 is 0 Å². The molecular formula is C33H33N3O4. The standard InChI is InChI=1S/C33H33N3O4/c1-20-14-23(19-34-18-20)22-8-9-29-26(15-22)28(37)17-33(40-29)10-12-36(13-11-33)32(38)27-16-30(39-2)25-5-3-4-24(21-6-7-21)31(25)35-27/h3-5,8-9,14-16,19,21,34H,6-7,10-13,17-18H2,1-2H3. The summed E-state index contributed by atoms with van der Waals surface area (Å²) in [4.78, 5) is 33.7. The van der Waals surface area contributed by atoms with E-state index in [9.17, 15) is 9.59 Å². The molecule has 7 nitrogen and oxygen atoms in total. The molecule has 1 aromatic heterocycles. The first-order chi connectivity index (χ1) is 19.4. The SMILES string of the molecule is COc1cc(C(=O)N2CCC3(CC2)CC(=O)c2cc(C4=CNCC(C)=C4)ccc2O3)nc2c(C3CC3)cccc12. The lowest BCUT2D eigenvalue weighted by molar-refractivity contribution is -0.00585. The molecule has 7 rings (SSSR count). The molecule has 2 fully saturated rings. The van der Waals surface area contributed by atoms with Gasteiger partial charge in [-0.2, -0.15) is 0 Å². The van der Waals surface area contributed by atoms with Gasteiger partial charge in [0.25, 0.3) is 5.91 Å². The number of para-hydroxylation sites is 1. The second-order valence-corrected chi connectivity index (χ2v) is 11.6. The van der Waals surface area contributed by atoms with E-state index >= 15 is 0 Å². The summed E-state index contributed by atoms with van der Waals surface area (Å²) < 4.78 is 12.2. The number of ether oxygens (including phenoxy) is 2. The Morgan fingerprint density at radius 2 is 1.98 bits per heavy atom. The van der Waals surface area contributed by atoms with E-state index < -0.39 is 5.60 Å². The molecule has 3 aromatic rings. The number of nitrogens with zero attached hydrogens (tertiary/aromatic N) is 2. The predicted molar refractivity (Wildman–Crippen MR) is 154 cm³/mol. The second-order valence-electron chi connectivity index (χ2n) is 11.6. The molecule has 4 aliphatic rings. The van der Waals surface area contributed by atoms with Crippen LogP contribution in [0.15, 0.2) is 60.3 Å². The van der Waals surface area contributed by atoms with Gasteiger partial charge in [0, 0.05) is 50.1 Å². The van der Waals surface area contributed by atoms with Crippen molar-refractivity contribution in [2.45, 2.75) is 50.5 Å². The second kappa shape index (κ2) is 9.51. The summed E-state index contributed by atoms with van der Waals surface area (Å²) in [6, 6.07) is 13.8. The molecule has 0 radical (unpaired) electrons. The number of methoxy groups -OCH3 is 1. The number of allylic oxidation sites excluding steroid dienone is 2. The number of pyridine rings is 1. The number of hydrogen-bond acceptors (Lipinski definition) is 6. The van der Waals surface area contributed by atoms with Crippen molar-refractivity contribution in [1.82, 2.24) is 15.2 Å². The number of hydrogen-bond donors (Lipinski definition) is 1. The Balaban J connectivity index is 1.09. The lowest BCUT2D eigenvalue weighted by atomic mass is 9.82. The van der Waals surface area contributed by atoms with Crippen LogP contribution in [0.25, 0.3) is 16.5 Å². The highest BCUT2D eigenvalue weighted by molar-refractivity contribution is 6.02. The lowest BCUT2D eigenvalue weighted by Crippen LogP contribution is -2.52. The molecule has 2 aromatic carbocycles. The number of benzene rings is 2. The van der Waals surface area contributed by atoms with Gasteiger partial charge in [0.2, 0.25) is 0 Å². The Bertz CT molecular complexity index is 1610. The first-order valence-electron chi connectivity index (χ1n) is 14.2. The lowest BCUT2D eigenvalue weighted by Gasteiger charge is -2.44. The van der Waals surface area contributed by atoms with Crippen LogP contribution in [0.2, 0.25) is 0 Å². The van der Waals surface area contributed by atoms with Gasteiger partial charge in [-0.05, 0) is 60.6 Å². The summed E-state index contributed by atoms with van der Waals surface area (Å²) >= 11 is 0. The molecule has 204 valence electrons. The van der Waals surface area contributed by atoms with E-state index in [0.29, 0.717) is 61.0 Å². The first-order valence-corrected chi connectivity index (χ1v) is 14.2. The quantitative estimate of drug-likeness (QED) is 0.465. The molecule has 3 aliphatic heterocycles. The third-order valence-electron chi connectivity index (χ3n) is 8.71. The van der Waals surface area contributed by atoms with Crippen molar-refractivity contribution >= 4 is 28.2 Å². The van der Waals surface area contributed by atoms with Gasteiger partial charge in [-0.3, -0.25) is 9.59 Å². The van der Waals surface area contributed by atoms with Gasteiger partial charge in [0.05, 0.1) is 24.6 Å². The Morgan fingerprint density at radius 3 is 2.73 bits per heavy atom. The summed E-state index contributed by atoms with van der Waals surface area (Å²) in [5, 5.41) is 4.22. The zero-order valence-corrected chi connectivity index (χ0v) is 23.0. The number of piperidine rings is 1. The van der Waals surface area contributed by atoms with Crippen LogP contribution in [0, 0.1) is 0 Å². The highest BCUT2D eigenvalue weighted by Gasteiger charge is 2.44. The van der Waals surface area contributed by atoms with Gasteiger partial charge in [0.1, 0.15) is 22.8 Å². The maximum absolute atomic E-state index is 13.6. The van der Waals surface area contributed by atoms with Crippen LogP contribution in [0.4, 0.5) is 0 Å². The number of amides is 1. The minimum absolute atomic E-state index is 0.0986. The van der Waals surface area contributed by atoms with E-state index in [1.165, 1.54) is 11.1 Å². The number of nitrogens with one attached hydrogen (secondary N) is 1. The van der Waals surface area contributed by atoms with Crippen molar-refractivity contribution in [1.29, 1.82) is 0 Å². The third-order valence-corrected chi connectivity index (χ3v) is 8.71. The third kappa shape index (κ3) is 4.34. The molecule has 40 heavy (non-hydrogen) atoms. The number of rotatable bonds is 4. The van der Waals surface area contributed by atoms with E-state index in [1.807, 2.05) is 41.4 Å². The molecule has 0 unspecified atom stereocenters. The monoisotopic (exact) mass is 535 g/mol. The number of Topliss-reactive ketones (excluding diaryl/α,β-unsaturated/α-hetero) is 1. The van der Waals surface area contributed by atoms with Crippen molar-refractivity contribution in [2.75, 3.05) is 26.7 Å². The van der Waals surface area contributed by atoms with Crippen LogP contribution < -0.4 is 14.8 Å². The largest absolute Gasteiger partial charge is 0.496 e. The minimum Gasteiger partial charge on any atom is -0.496 e. The molecular weight excluding hydrogens is 502 g/mol. The molecule has 1 N–H and O–H groups in total. The van der Waals surface area contributed by atoms with E-state index in [1.54, 1.807) is 13.2 Å². The average Bonchev–Trinajstić information content (AvgIpc) is 3.82. The Hall–Kier alpha value is -4.13. The zero-order chi connectivity index (χ0) is 27.4. The van der Waals surface area contributed by atoms with Gasteiger partial charge in [0.15, 0.2) is 5.78 Å². The van der Waals surface area contributed by atoms with Crippen molar-refractivity contribution < 1.29 is 19.1 Å². The smallest absolute Gasteiger partial charge is 0.272 e. The first kappa shape index (κ1) is 24.9. The van der Waals surface area contributed by atoms with E-state index in [4.69, 9.17) is 14.5 Å². The summed E-state index contributed by atoms with van der Waals surface area (Å²) in [5.74, 6) is 1.81. The number of likely N-dealkylation sites (tertiary alicyclic amines) is 1. The molecule has 0 bridgehead atoms. The molecule has 1 saturated carbocycles. The number of fused-ring (bicyclic) bond motifs is 2. The van der Waals surface area contributed by atoms with Crippen molar-refractivity contribution in [3.8, 4) is 11.5 Å². The molecule has 1 aliphatic carbocycles. The molecule has 7 heteroatoms. The molecule has 4 heterocycles.